The second-order valence-corrected chi connectivity index (χ2v) is 3.90. The van der Waals surface area contributed by atoms with Crippen LogP contribution in [0, 0.1) is 0 Å². The van der Waals surface area contributed by atoms with E-state index < -0.39 is 0 Å². The van der Waals surface area contributed by atoms with Crippen LogP contribution in [0.15, 0.2) is 42.5 Å². The third kappa shape index (κ3) is 1.22. The molecule has 1 aliphatic rings. The second kappa shape index (κ2) is 3.28. The lowest BCUT2D eigenvalue weighted by atomic mass is 9.84. The van der Waals surface area contributed by atoms with Gasteiger partial charge in [0, 0.05) is 16.7 Å². The number of ketones is 2. The predicted octanol–water partition coefficient (Wildman–Crippen LogP) is 2.17. The summed E-state index contributed by atoms with van der Waals surface area (Å²) in [5, 5.41) is 9.70. The van der Waals surface area contributed by atoms with Gasteiger partial charge in [0.25, 0.3) is 0 Å². The molecule has 0 amide bonds. The maximum Gasteiger partial charge on any atom is 0.198 e. The summed E-state index contributed by atoms with van der Waals surface area (Å²) < 4.78 is 0. The van der Waals surface area contributed by atoms with E-state index in [1.165, 1.54) is 6.07 Å². The molecular weight excluding hydrogens is 216 g/mol. The quantitative estimate of drug-likeness (QED) is 0.636. The van der Waals surface area contributed by atoms with E-state index in [1.807, 2.05) is 0 Å². The van der Waals surface area contributed by atoms with Crippen LogP contribution in [0.5, 0.6) is 5.75 Å². The van der Waals surface area contributed by atoms with Crippen LogP contribution in [0.4, 0.5) is 0 Å². The molecule has 17 heavy (non-hydrogen) atoms. The lowest BCUT2D eigenvalue weighted by Crippen LogP contribution is -2.20. The van der Waals surface area contributed by atoms with Crippen LogP contribution in [0.2, 0.25) is 0 Å². The highest BCUT2D eigenvalue weighted by atomic mass is 16.3. The summed E-state index contributed by atoms with van der Waals surface area (Å²) in [6.07, 6.45) is 0. The third-order valence-electron chi connectivity index (χ3n) is 2.93. The molecule has 0 aliphatic heterocycles. The van der Waals surface area contributed by atoms with Crippen LogP contribution >= 0.6 is 0 Å². The number of phenolic OH excluding ortho intramolecular Hbond substituents is 1. The maximum atomic E-state index is 12.2. The van der Waals surface area contributed by atoms with Gasteiger partial charge >= 0.3 is 0 Å². The first kappa shape index (κ1) is 9.78. The van der Waals surface area contributed by atoms with Crippen molar-refractivity contribution in [2.24, 2.45) is 0 Å². The van der Waals surface area contributed by atoms with Gasteiger partial charge in [-0.15, -0.1) is 0 Å². The van der Waals surface area contributed by atoms with Crippen molar-refractivity contribution in [2.75, 3.05) is 0 Å². The molecule has 0 aromatic heterocycles. The Morgan fingerprint density at radius 3 is 2.00 bits per heavy atom. The van der Waals surface area contributed by atoms with Gasteiger partial charge in [0.1, 0.15) is 5.75 Å². The Labute approximate surface area is 97.3 Å². The first-order valence-electron chi connectivity index (χ1n) is 5.20. The van der Waals surface area contributed by atoms with Crippen molar-refractivity contribution in [3.63, 3.8) is 0 Å². The van der Waals surface area contributed by atoms with Gasteiger partial charge in [-0.3, -0.25) is 9.59 Å². The number of fused-ring (bicyclic) bond motifs is 2. The summed E-state index contributed by atoms with van der Waals surface area (Å²) in [4.78, 5) is 24.3. The highest BCUT2D eigenvalue weighted by molar-refractivity contribution is 6.29. The van der Waals surface area contributed by atoms with Gasteiger partial charge in [-0.2, -0.15) is 0 Å². The summed E-state index contributed by atoms with van der Waals surface area (Å²) >= 11 is 0. The van der Waals surface area contributed by atoms with Gasteiger partial charge in [-0.25, -0.2) is 0 Å². The number of hydrogen-bond donors (Lipinski definition) is 1. The van der Waals surface area contributed by atoms with E-state index in [0.717, 1.165) is 0 Å². The molecule has 1 N–H and O–H groups in total. The molecule has 0 fully saturated rings. The molecule has 0 saturated heterocycles. The van der Waals surface area contributed by atoms with Gasteiger partial charge in [0.2, 0.25) is 0 Å². The van der Waals surface area contributed by atoms with Gasteiger partial charge in [0.15, 0.2) is 11.6 Å². The highest BCUT2D eigenvalue weighted by Crippen LogP contribution is 2.32. The average Bonchev–Trinajstić information content (AvgIpc) is 2.36. The van der Waals surface area contributed by atoms with Crippen molar-refractivity contribution in [1.82, 2.24) is 0 Å². The Bertz CT molecular complexity index is 656. The molecule has 3 heteroatoms. The molecule has 3 rings (SSSR count). The Morgan fingerprint density at radius 1 is 0.706 bits per heavy atom. The van der Waals surface area contributed by atoms with Crippen LogP contribution in [-0.4, -0.2) is 16.7 Å². The number of phenols is 1. The molecule has 0 unspecified atom stereocenters. The van der Waals surface area contributed by atoms with E-state index in [4.69, 9.17) is 0 Å². The molecule has 0 atom stereocenters. The number of rotatable bonds is 0. The molecule has 0 radical (unpaired) electrons. The molecule has 2 aromatic carbocycles. The van der Waals surface area contributed by atoms with E-state index in [9.17, 15) is 14.7 Å². The van der Waals surface area contributed by atoms with Crippen LogP contribution in [0.1, 0.15) is 31.8 Å². The Hall–Kier alpha value is -2.42. The van der Waals surface area contributed by atoms with Crippen LogP contribution in [0.3, 0.4) is 0 Å². The smallest absolute Gasteiger partial charge is 0.198 e. The summed E-state index contributed by atoms with van der Waals surface area (Å²) in [6, 6.07) is 11.2. The Morgan fingerprint density at radius 2 is 1.29 bits per heavy atom. The summed E-state index contributed by atoms with van der Waals surface area (Å²) in [5.74, 6) is -0.658. The predicted molar refractivity (Wildman–Crippen MR) is 61.4 cm³/mol. The van der Waals surface area contributed by atoms with E-state index in [-0.39, 0.29) is 28.4 Å². The molecule has 0 bridgehead atoms. The molecule has 0 heterocycles. The van der Waals surface area contributed by atoms with E-state index >= 15 is 0 Å². The van der Waals surface area contributed by atoms with Crippen LogP contribution < -0.4 is 0 Å². The van der Waals surface area contributed by atoms with E-state index in [0.29, 0.717) is 11.1 Å². The average molecular weight is 224 g/mol. The van der Waals surface area contributed by atoms with E-state index in [1.54, 1.807) is 36.4 Å². The second-order valence-electron chi connectivity index (χ2n) is 3.90. The Kier molecular flexibility index (Phi) is 1.89. The van der Waals surface area contributed by atoms with Crippen molar-refractivity contribution in [3.8, 4) is 5.75 Å². The van der Waals surface area contributed by atoms with Crippen LogP contribution in [-0.2, 0) is 0 Å². The van der Waals surface area contributed by atoms with Crippen molar-refractivity contribution >= 4 is 11.6 Å². The molecule has 3 nitrogen and oxygen atoms in total. The summed E-state index contributed by atoms with van der Waals surface area (Å²) in [7, 11) is 0. The highest BCUT2D eigenvalue weighted by Gasteiger charge is 2.31. The summed E-state index contributed by atoms with van der Waals surface area (Å²) in [5.41, 5.74) is 1.13. The summed E-state index contributed by atoms with van der Waals surface area (Å²) in [6.45, 7) is 0. The maximum absolute atomic E-state index is 12.2. The van der Waals surface area contributed by atoms with Gasteiger partial charge in [-0.05, 0) is 6.07 Å². The fraction of sp³-hybridized carbons (Fsp3) is 0. The lowest BCUT2D eigenvalue weighted by Gasteiger charge is -2.17. The molecule has 0 saturated carbocycles. The number of carbonyl (C=O) groups is 2. The zero-order chi connectivity index (χ0) is 12.0. The van der Waals surface area contributed by atoms with Gasteiger partial charge in [0.05, 0.1) is 5.56 Å². The fourth-order valence-corrected chi connectivity index (χ4v) is 2.13. The normalized spacial score (nSPS) is 13.2. The zero-order valence-electron chi connectivity index (χ0n) is 8.81. The van der Waals surface area contributed by atoms with Gasteiger partial charge < -0.3 is 5.11 Å². The van der Waals surface area contributed by atoms with Crippen LogP contribution in [0.25, 0.3) is 0 Å². The fourth-order valence-electron chi connectivity index (χ4n) is 2.13. The minimum Gasteiger partial charge on any atom is -0.507 e. The molecule has 82 valence electrons. The molecular formula is C14H8O3. The number of carbonyl (C=O) groups excluding carboxylic acids is 2. The van der Waals surface area contributed by atoms with Crippen molar-refractivity contribution < 1.29 is 14.7 Å². The van der Waals surface area contributed by atoms with Crippen molar-refractivity contribution in [1.29, 1.82) is 0 Å². The Balaban J connectivity index is 2.37. The third-order valence-corrected chi connectivity index (χ3v) is 2.93. The SMILES string of the molecule is O=C1c2ccccc2C(=O)c2c(O)cccc21. The number of benzene rings is 2. The largest absolute Gasteiger partial charge is 0.507 e. The van der Waals surface area contributed by atoms with E-state index in [2.05, 4.69) is 0 Å². The topological polar surface area (TPSA) is 54.4 Å². The van der Waals surface area contributed by atoms with Gasteiger partial charge in [-0.1, -0.05) is 36.4 Å². The minimum atomic E-state index is -0.298. The molecule has 1 aliphatic carbocycles. The monoisotopic (exact) mass is 224 g/mol. The first-order valence-corrected chi connectivity index (χ1v) is 5.20. The lowest BCUT2D eigenvalue weighted by molar-refractivity contribution is 0.0976. The zero-order valence-corrected chi connectivity index (χ0v) is 8.81. The van der Waals surface area contributed by atoms with Crippen molar-refractivity contribution in [2.45, 2.75) is 0 Å². The molecule has 2 aromatic rings. The minimum absolute atomic E-state index is 0.108. The number of hydrogen-bond acceptors (Lipinski definition) is 3. The molecule has 0 spiro atoms. The number of aromatic hydroxyl groups is 1. The first-order chi connectivity index (χ1) is 8.20. The van der Waals surface area contributed by atoms with Crippen molar-refractivity contribution in [3.05, 3.63) is 64.7 Å². The standard InChI is InChI=1S/C14H8O3/c15-11-7-3-6-10-12(11)14(17)9-5-2-1-4-8(9)13(10)16/h1-7,15H.